The van der Waals surface area contributed by atoms with Crippen molar-refractivity contribution in [1.29, 1.82) is 0 Å². The van der Waals surface area contributed by atoms with E-state index in [9.17, 15) is 5.11 Å². The van der Waals surface area contributed by atoms with Crippen molar-refractivity contribution in [2.24, 2.45) is 0 Å². The van der Waals surface area contributed by atoms with E-state index < -0.39 is 0 Å². The molecule has 0 aliphatic rings. The lowest BCUT2D eigenvalue weighted by molar-refractivity contribution is 0.277. The van der Waals surface area contributed by atoms with Gasteiger partial charge >= 0.3 is 0 Å². The Labute approximate surface area is 119 Å². The number of aromatic nitrogens is 5. The molecule has 7 heteroatoms. The predicted octanol–water partition coefficient (Wildman–Crippen LogP) is 1.89. The standard InChI is InChI=1S/C13H13N5OS/c1-8-4-3-5-10(6-8)12-11(7-19)15-17-18(12)13-16-14-9(2)20-13/h3-6,19H,7H2,1-2H3. The molecule has 0 unspecified atom stereocenters. The van der Waals surface area contributed by atoms with Crippen molar-refractivity contribution in [2.75, 3.05) is 0 Å². The minimum absolute atomic E-state index is 0.166. The molecule has 0 aliphatic carbocycles. The van der Waals surface area contributed by atoms with Crippen LogP contribution >= 0.6 is 11.3 Å². The van der Waals surface area contributed by atoms with Gasteiger partial charge in [0.05, 0.1) is 6.61 Å². The highest BCUT2D eigenvalue weighted by Crippen LogP contribution is 2.27. The predicted molar refractivity (Wildman–Crippen MR) is 75.7 cm³/mol. The molecule has 0 amide bonds. The van der Waals surface area contributed by atoms with Crippen LogP contribution in [0, 0.1) is 13.8 Å². The Morgan fingerprint density at radius 1 is 1.20 bits per heavy atom. The van der Waals surface area contributed by atoms with Gasteiger partial charge in [-0.25, -0.2) is 0 Å². The fourth-order valence-corrected chi connectivity index (χ4v) is 2.65. The molecule has 0 atom stereocenters. The molecule has 1 N–H and O–H groups in total. The number of rotatable bonds is 3. The summed E-state index contributed by atoms with van der Waals surface area (Å²) in [6.45, 7) is 3.74. The molecule has 1 aromatic carbocycles. The number of aliphatic hydroxyl groups excluding tert-OH is 1. The van der Waals surface area contributed by atoms with Gasteiger partial charge in [0.15, 0.2) is 0 Å². The topological polar surface area (TPSA) is 76.7 Å². The highest BCUT2D eigenvalue weighted by Gasteiger charge is 2.18. The first-order valence-corrected chi connectivity index (χ1v) is 6.93. The average Bonchev–Trinajstić information content (AvgIpc) is 3.04. The van der Waals surface area contributed by atoms with E-state index in [0.717, 1.165) is 21.8 Å². The van der Waals surface area contributed by atoms with Crippen molar-refractivity contribution in [3.63, 3.8) is 0 Å². The molecule has 20 heavy (non-hydrogen) atoms. The molecule has 6 nitrogen and oxygen atoms in total. The first-order chi connectivity index (χ1) is 9.69. The van der Waals surface area contributed by atoms with Crippen LogP contribution in [0.5, 0.6) is 0 Å². The van der Waals surface area contributed by atoms with Crippen LogP contribution in [0.3, 0.4) is 0 Å². The van der Waals surface area contributed by atoms with E-state index in [-0.39, 0.29) is 6.61 Å². The zero-order valence-electron chi connectivity index (χ0n) is 11.1. The molecule has 0 saturated carbocycles. The van der Waals surface area contributed by atoms with Gasteiger partial charge in [-0.3, -0.25) is 0 Å². The zero-order chi connectivity index (χ0) is 14.1. The largest absolute Gasteiger partial charge is 0.390 e. The van der Waals surface area contributed by atoms with Gasteiger partial charge < -0.3 is 5.11 Å². The molecule has 2 aromatic heterocycles. The quantitative estimate of drug-likeness (QED) is 0.796. The van der Waals surface area contributed by atoms with Crippen LogP contribution in [-0.2, 0) is 6.61 Å². The minimum Gasteiger partial charge on any atom is -0.390 e. The van der Waals surface area contributed by atoms with E-state index in [1.54, 1.807) is 4.68 Å². The molecule has 3 aromatic rings. The van der Waals surface area contributed by atoms with Crippen LogP contribution in [0.4, 0.5) is 0 Å². The van der Waals surface area contributed by atoms with E-state index in [4.69, 9.17) is 0 Å². The lowest BCUT2D eigenvalue weighted by atomic mass is 10.1. The number of nitrogens with zero attached hydrogens (tertiary/aromatic N) is 5. The zero-order valence-corrected chi connectivity index (χ0v) is 11.9. The summed E-state index contributed by atoms with van der Waals surface area (Å²) in [7, 11) is 0. The second-order valence-electron chi connectivity index (χ2n) is 4.43. The van der Waals surface area contributed by atoms with E-state index in [1.165, 1.54) is 11.3 Å². The van der Waals surface area contributed by atoms with E-state index in [2.05, 4.69) is 20.5 Å². The van der Waals surface area contributed by atoms with Crippen molar-refractivity contribution >= 4 is 11.3 Å². The Balaban J connectivity index is 2.20. The van der Waals surface area contributed by atoms with Crippen LogP contribution in [0.1, 0.15) is 16.3 Å². The summed E-state index contributed by atoms with van der Waals surface area (Å²) in [6, 6.07) is 7.98. The normalized spacial score (nSPS) is 10.9. The maximum absolute atomic E-state index is 9.47. The van der Waals surface area contributed by atoms with E-state index >= 15 is 0 Å². The van der Waals surface area contributed by atoms with Crippen molar-refractivity contribution in [1.82, 2.24) is 25.2 Å². The van der Waals surface area contributed by atoms with Crippen LogP contribution in [0.2, 0.25) is 0 Å². The van der Waals surface area contributed by atoms with Crippen LogP contribution < -0.4 is 0 Å². The Hall–Kier alpha value is -2.12. The van der Waals surface area contributed by atoms with Gasteiger partial charge in [-0.1, -0.05) is 40.3 Å². The van der Waals surface area contributed by atoms with Crippen molar-refractivity contribution in [3.8, 4) is 16.4 Å². The molecule has 0 fully saturated rings. The van der Waals surface area contributed by atoms with Gasteiger partial charge in [0.2, 0.25) is 5.13 Å². The minimum atomic E-state index is -0.166. The number of hydrogen-bond acceptors (Lipinski definition) is 6. The molecule has 102 valence electrons. The lowest BCUT2D eigenvalue weighted by Gasteiger charge is -2.05. The van der Waals surface area contributed by atoms with E-state index in [0.29, 0.717) is 10.8 Å². The molecule has 0 saturated heterocycles. The Kier molecular flexibility index (Phi) is 3.29. The highest BCUT2D eigenvalue weighted by atomic mass is 32.1. The monoisotopic (exact) mass is 287 g/mol. The van der Waals surface area contributed by atoms with Crippen LogP contribution in [0.15, 0.2) is 24.3 Å². The summed E-state index contributed by atoms with van der Waals surface area (Å²) < 4.78 is 1.63. The number of aryl methyl sites for hydroxylation is 2. The third-order valence-corrected chi connectivity index (χ3v) is 3.69. The van der Waals surface area contributed by atoms with Gasteiger partial charge in [0.25, 0.3) is 0 Å². The fraction of sp³-hybridized carbons (Fsp3) is 0.231. The number of benzene rings is 1. The highest BCUT2D eigenvalue weighted by molar-refractivity contribution is 7.13. The maximum atomic E-state index is 9.47. The Morgan fingerprint density at radius 2 is 2.05 bits per heavy atom. The molecular weight excluding hydrogens is 274 g/mol. The van der Waals surface area contributed by atoms with Crippen molar-refractivity contribution in [2.45, 2.75) is 20.5 Å². The van der Waals surface area contributed by atoms with Crippen LogP contribution in [-0.4, -0.2) is 30.3 Å². The smallest absolute Gasteiger partial charge is 0.234 e. The second-order valence-corrected chi connectivity index (χ2v) is 5.59. The molecule has 2 heterocycles. The van der Waals surface area contributed by atoms with Crippen molar-refractivity contribution in [3.05, 3.63) is 40.5 Å². The molecule has 0 spiro atoms. The SMILES string of the molecule is Cc1cccc(-c2c(CO)nnn2-c2nnc(C)s2)c1. The molecule has 0 radical (unpaired) electrons. The van der Waals surface area contributed by atoms with Gasteiger partial charge in [0, 0.05) is 5.56 Å². The van der Waals surface area contributed by atoms with Crippen molar-refractivity contribution < 1.29 is 5.11 Å². The van der Waals surface area contributed by atoms with Gasteiger partial charge in [0.1, 0.15) is 16.4 Å². The molecule has 0 bridgehead atoms. The Morgan fingerprint density at radius 3 is 2.70 bits per heavy atom. The van der Waals surface area contributed by atoms with Gasteiger partial charge in [-0.15, -0.1) is 15.3 Å². The summed E-state index contributed by atoms with van der Waals surface area (Å²) in [5.41, 5.74) is 3.37. The summed E-state index contributed by atoms with van der Waals surface area (Å²) in [5.74, 6) is 0. The molecular formula is C13H13N5OS. The van der Waals surface area contributed by atoms with Gasteiger partial charge in [-0.2, -0.15) is 4.68 Å². The Bertz CT molecular complexity index is 749. The van der Waals surface area contributed by atoms with Crippen LogP contribution in [0.25, 0.3) is 16.4 Å². The summed E-state index contributed by atoms with van der Waals surface area (Å²) in [4.78, 5) is 0. The summed E-state index contributed by atoms with van der Waals surface area (Å²) in [5, 5.41) is 27.2. The maximum Gasteiger partial charge on any atom is 0.234 e. The second kappa shape index (κ2) is 5.10. The number of aliphatic hydroxyl groups is 1. The summed E-state index contributed by atoms with van der Waals surface area (Å²) in [6.07, 6.45) is 0. The third kappa shape index (κ3) is 2.21. The van der Waals surface area contributed by atoms with Gasteiger partial charge in [-0.05, 0) is 19.9 Å². The average molecular weight is 287 g/mol. The lowest BCUT2D eigenvalue weighted by Crippen LogP contribution is -2.00. The number of hydrogen-bond donors (Lipinski definition) is 1. The third-order valence-electron chi connectivity index (χ3n) is 2.88. The fourth-order valence-electron chi connectivity index (χ4n) is 2.01. The van der Waals surface area contributed by atoms with E-state index in [1.807, 2.05) is 38.1 Å². The summed E-state index contributed by atoms with van der Waals surface area (Å²) >= 11 is 1.43. The molecule has 3 rings (SSSR count). The molecule has 0 aliphatic heterocycles. The first kappa shape index (κ1) is 12.9. The first-order valence-electron chi connectivity index (χ1n) is 6.12.